The van der Waals surface area contributed by atoms with Gasteiger partial charge in [-0.25, -0.2) is 0 Å². The van der Waals surface area contributed by atoms with E-state index in [4.69, 9.17) is 72.0 Å². The Morgan fingerprint density at radius 2 is 0.529 bits per heavy atom. The molecule has 21 N–H and O–H groups in total. The van der Waals surface area contributed by atoms with Crippen LogP contribution in [-0.2, 0) is 66.3 Å². The molecule has 35 atom stereocenters. The third-order valence-electron chi connectivity index (χ3n) is 16.8. The van der Waals surface area contributed by atoms with Crippen molar-refractivity contribution in [2.75, 3.05) is 46.2 Å². The van der Waals surface area contributed by atoms with E-state index in [2.05, 4.69) is 0 Å². The summed E-state index contributed by atoms with van der Waals surface area (Å²) in [4.78, 5) is 0.561. The first-order valence-corrected chi connectivity index (χ1v) is 29.1. The van der Waals surface area contributed by atoms with Crippen molar-refractivity contribution in [2.24, 2.45) is 5.73 Å². The number of benzene rings is 2. The lowest BCUT2D eigenvalue weighted by molar-refractivity contribution is -0.396. The summed E-state index contributed by atoms with van der Waals surface area (Å²) < 4.78 is 82.7. The Morgan fingerprint density at radius 3 is 0.816 bits per heavy atom. The van der Waals surface area contributed by atoms with E-state index in [1.165, 1.54) is 0 Å². The highest BCUT2D eigenvalue weighted by Gasteiger charge is 2.59. The Balaban J connectivity index is 0.967. The number of hydrogen-bond acceptors (Lipinski definition) is 35. The third-order valence-corrected chi connectivity index (χ3v) is 18.2. The molecule has 0 aromatic heterocycles. The Hall–Kier alpha value is -2.31. The number of fused-ring (bicyclic) bond motifs is 8. The van der Waals surface area contributed by atoms with Crippen molar-refractivity contribution >= 4 is 22.5 Å². The first-order valence-electron chi connectivity index (χ1n) is 28.2. The van der Waals surface area contributed by atoms with Crippen molar-refractivity contribution < 1.29 is 163 Å². The van der Waals surface area contributed by atoms with Gasteiger partial charge < -0.3 is 169 Å². The number of rotatable bonds is 9. The maximum absolute atomic E-state index is 11.8. The van der Waals surface area contributed by atoms with Crippen molar-refractivity contribution in [3.05, 3.63) is 42.5 Å². The Bertz CT molecular complexity index is 2490. The summed E-state index contributed by atoms with van der Waals surface area (Å²) in [5, 5.41) is 213. The largest absolute Gasteiger partial charge is 0.394 e. The Kier molecular flexibility index (Phi) is 22.5. The number of hydrogen-bond donors (Lipinski definition) is 20. The molecule has 15 fully saturated rings. The summed E-state index contributed by atoms with van der Waals surface area (Å²) in [5.41, 5.74) is 6.98. The van der Waals surface area contributed by atoms with Crippen LogP contribution in [-0.4, -0.2) is 357 Å². The lowest BCUT2D eigenvalue weighted by Crippen LogP contribution is -2.69. The van der Waals surface area contributed by atoms with E-state index >= 15 is 0 Å². The number of ether oxygens (including phenoxy) is 14. The monoisotopic (exact) mass is 1280 g/mol. The summed E-state index contributed by atoms with van der Waals surface area (Å²) >= 11 is 1.08. The molecule has 0 spiro atoms. The maximum atomic E-state index is 11.8. The minimum absolute atomic E-state index is 0.561. The van der Waals surface area contributed by atoms with Crippen LogP contribution in [0.1, 0.15) is 0 Å². The first-order chi connectivity index (χ1) is 41.7. The zero-order valence-electron chi connectivity index (χ0n) is 45.9. The number of thioether (sulfide) groups is 1. The smallest absolute Gasteiger partial charge is 0.187 e. The number of aliphatic hydroxyl groups is 19. The average Bonchev–Trinajstić information content (AvgIpc) is 1.99. The molecule has 0 aliphatic carbocycles. The van der Waals surface area contributed by atoms with Gasteiger partial charge >= 0.3 is 0 Å². The molecule has 0 amide bonds. The van der Waals surface area contributed by atoms with Crippen molar-refractivity contribution in [3.63, 3.8) is 0 Å². The molecule has 34 nitrogen and oxygen atoms in total. The van der Waals surface area contributed by atoms with Gasteiger partial charge in [-0.15, -0.1) is 11.8 Å². The molecular weight excluding hydrogens is 1200 g/mol. The lowest BCUT2D eigenvalue weighted by atomic mass is 9.95. The fourth-order valence-corrected chi connectivity index (χ4v) is 13.3. The minimum Gasteiger partial charge on any atom is -0.394 e. The second-order valence-electron chi connectivity index (χ2n) is 22.3. The van der Waals surface area contributed by atoms with E-state index < -0.39 is 260 Å². The molecular formula is C52H77NO33S. The molecule has 2 aromatic carbocycles. The molecule has 35 heteroatoms. The maximum Gasteiger partial charge on any atom is 0.187 e. The molecule has 0 saturated carbocycles. The Morgan fingerprint density at radius 1 is 0.287 bits per heavy atom. The highest BCUT2D eigenvalue weighted by atomic mass is 32.2. The summed E-state index contributed by atoms with van der Waals surface area (Å²) in [6.45, 7) is -6.96. The van der Waals surface area contributed by atoms with E-state index in [0.29, 0.717) is 4.90 Å². The van der Waals surface area contributed by atoms with Gasteiger partial charge in [0.15, 0.2) is 44.0 Å². The van der Waals surface area contributed by atoms with E-state index in [9.17, 15) is 97.0 Å². The molecule has 494 valence electrons. The number of nitrogens with two attached hydrogens (primary N) is 1. The summed E-state index contributed by atoms with van der Waals surface area (Å²) in [6.07, 6.45) is -63.7. The SMILES string of the molecule is N[C@H]1[C@H]2O[C@H]3[C@H](O)[C@@H](O)[C@@H](O[C@H]4[C@H](O)[C@@H](O)[C@@H](O[C@H]5[C@H](O)[C@@H](O)[C@@H](O[C@H]6[C@H](O)[C@@H](O)[C@@H](O[C@H]7[C@H](O)[C@@H](O)[C@@H](O[C@H]8[C@H](O)[C@@H](O)[C@@H](O[C@@H]([C@@H]1Sc1ccc9ccccc9c1)[C@@H](CO)O2)O[C@@H]8CO)O[C@@H]7CO)O[C@@H]6CO)O[C@@H]5CO)O[C@@H]4CO)O[C@@H]3CO. The first kappa shape index (κ1) is 67.6. The molecule has 15 heterocycles. The predicted octanol–water partition coefficient (Wildman–Crippen LogP) is -11.3. The third kappa shape index (κ3) is 13.5. The van der Waals surface area contributed by atoms with Gasteiger partial charge in [0.05, 0.1) is 57.5 Å². The second kappa shape index (κ2) is 28.9. The van der Waals surface area contributed by atoms with Crippen LogP contribution in [0.25, 0.3) is 10.8 Å². The molecule has 87 heavy (non-hydrogen) atoms. The van der Waals surface area contributed by atoms with E-state index in [0.717, 1.165) is 22.5 Å². The molecule has 14 bridgehead atoms. The molecule has 17 rings (SSSR count). The molecule has 0 unspecified atom stereocenters. The van der Waals surface area contributed by atoms with Crippen LogP contribution in [0, 0.1) is 0 Å². The van der Waals surface area contributed by atoms with Crippen LogP contribution in [0.4, 0.5) is 0 Å². The normalized spacial score (nSPS) is 50.4. The van der Waals surface area contributed by atoms with Crippen molar-refractivity contribution in [2.45, 2.75) is 219 Å². The molecule has 2 aromatic rings. The lowest BCUT2D eigenvalue weighted by Gasteiger charge is -2.50. The predicted molar refractivity (Wildman–Crippen MR) is 278 cm³/mol. The Labute approximate surface area is 498 Å². The fraction of sp³-hybridized carbons (Fsp3) is 0.808. The zero-order chi connectivity index (χ0) is 62.4. The quantitative estimate of drug-likeness (QED) is 0.111. The van der Waals surface area contributed by atoms with Crippen molar-refractivity contribution in [1.29, 1.82) is 0 Å². The molecule has 15 aliphatic heterocycles. The fourth-order valence-electron chi connectivity index (χ4n) is 12.0. The topological polar surface area (TPSA) is 540 Å². The van der Waals surface area contributed by atoms with Crippen LogP contribution >= 0.6 is 11.8 Å². The van der Waals surface area contributed by atoms with Gasteiger partial charge in [-0.05, 0) is 22.9 Å². The van der Waals surface area contributed by atoms with E-state index in [1.807, 2.05) is 30.3 Å². The van der Waals surface area contributed by atoms with E-state index in [-0.39, 0.29) is 0 Å². The average molecular weight is 1280 g/mol. The molecule has 15 saturated heterocycles. The van der Waals surface area contributed by atoms with E-state index in [1.54, 1.807) is 12.1 Å². The second-order valence-corrected chi connectivity index (χ2v) is 23.6. The molecule has 0 radical (unpaired) electrons. The molecule has 15 aliphatic rings. The van der Waals surface area contributed by atoms with Gasteiger partial charge in [0.2, 0.25) is 0 Å². The summed E-state index contributed by atoms with van der Waals surface area (Å²) in [6, 6.07) is 11.3. The van der Waals surface area contributed by atoms with Crippen LogP contribution in [0.15, 0.2) is 47.4 Å². The summed E-state index contributed by atoms with van der Waals surface area (Å²) in [7, 11) is 0. The summed E-state index contributed by atoms with van der Waals surface area (Å²) in [5.74, 6) is 0. The van der Waals surface area contributed by atoms with Gasteiger partial charge in [0.25, 0.3) is 0 Å². The highest BCUT2D eigenvalue weighted by molar-refractivity contribution is 8.00. The van der Waals surface area contributed by atoms with Crippen molar-refractivity contribution in [3.8, 4) is 0 Å². The zero-order valence-corrected chi connectivity index (χ0v) is 46.7. The van der Waals surface area contributed by atoms with Crippen LogP contribution in [0.3, 0.4) is 0 Å². The standard InChI is InChI=1S/C52H77NO33S/c53-25-45(87-17-6-5-15-3-1-2-4-16(15)7-17)44-24(14-60)73-46(25)80-38-18(8-54)74-47(32(67)26(38)61)81-39-19(9-55)75-48(33(68)27(39)62)82-40-20(10-56)76-49(34(69)28(40)63)83-41-21(11-57)77-50(35(70)29(41)64)84-42-22(12-58)78-51(36(71)30(42)65)85-43-23(13-59)79-52(86-44)37(72)31(43)66/h1-7,18-52,54-72H,8-14,53H2/t18-,19-,20-,21-,22-,23-,24-,25-,26-,27-,28-,29-,30-,31-,32-,33-,34-,35-,36-,37-,38-,39-,40-,41-,42-,43-,44-,45-,46-,47-,48-,49-,50-,51-,52-/m1/s1. The van der Waals surface area contributed by atoms with Crippen LogP contribution in [0.5, 0.6) is 0 Å². The van der Waals surface area contributed by atoms with Crippen LogP contribution < -0.4 is 5.73 Å². The highest BCUT2D eigenvalue weighted by Crippen LogP contribution is 2.42. The van der Waals surface area contributed by atoms with Crippen LogP contribution in [0.2, 0.25) is 0 Å². The van der Waals surface area contributed by atoms with Gasteiger partial charge in [-0.3, -0.25) is 0 Å². The minimum atomic E-state index is -2.20. The van der Waals surface area contributed by atoms with Gasteiger partial charge in [-0.1, -0.05) is 30.3 Å². The van der Waals surface area contributed by atoms with Crippen molar-refractivity contribution in [1.82, 2.24) is 0 Å². The number of aliphatic hydroxyl groups excluding tert-OH is 19. The van der Waals surface area contributed by atoms with Gasteiger partial charge in [0.1, 0.15) is 159 Å². The van der Waals surface area contributed by atoms with Gasteiger partial charge in [-0.2, -0.15) is 0 Å². The van der Waals surface area contributed by atoms with Gasteiger partial charge in [0, 0.05) is 4.90 Å².